The number of nitrogens with zero attached hydrogens (tertiary/aromatic N) is 1. The molecule has 11 heavy (non-hydrogen) atoms. The lowest BCUT2D eigenvalue weighted by atomic mass is 10.4. The van der Waals surface area contributed by atoms with Crippen LogP contribution in [0.2, 0.25) is 0 Å². The molecule has 1 aliphatic heterocycles. The van der Waals surface area contributed by atoms with E-state index in [-0.39, 0.29) is 5.97 Å². The molecule has 1 saturated heterocycles. The molecule has 3 nitrogen and oxygen atoms in total. The Kier molecular flexibility index (Phi) is 2.88. The molecule has 0 aliphatic carbocycles. The van der Waals surface area contributed by atoms with Gasteiger partial charge in [0, 0.05) is 19.1 Å². The second kappa shape index (κ2) is 3.72. The predicted octanol–water partition coefficient (Wildman–Crippen LogP) is 0.644. The predicted molar refractivity (Wildman–Crippen MR) is 42.3 cm³/mol. The third-order valence-corrected chi connectivity index (χ3v) is 1.90. The van der Waals surface area contributed by atoms with Gasteiger partial charge in [-0.1, -0.05) is 0 Å². The van der Waals surface area contributed by atoms with E-state index in [1.54, 1.807) is 0 Å². The van der Waals surface area contributed by atoms with Crippen LogP contribution in [0.15, 0.2) is 0 Å². The normalized spacial score (nSPS) is 28.2. The van der Waals surface area contributed by atoms with Gasteiger partial charge in [0.25, 0.3) is 0 Å². The second-order valence-electron chi connectivity index (χ2n) is 2.90. The van der Waals surface area contributed by atoms with Gasteiger partial charge in [0.1, 0.15) is 0 Å². The topological polar surface area (TPSA) is 29.3 Å². The minimum absolute atomic E-state index is 0.0772. The quantitative estimate of drug-likeness (QED) is 0.443. The molecule has 2 unspecified atom stereocenters. The zero-order valence-corrected chi connectivity index (χ0v) is 7.17. The Labute approximate surface area is 67.3 Å². The molecule has 1 fully saturated rings. The Morgan fingerprint density at radius 1 is 1.73 bits per heavy atom. The number of carbonyl (C=O) groups excluding carboxylic acids is 1. The van der Waals surface area contributed by atoms with Crippen molar-refractivity contribution in [1.82, 2.24) is 4.90 Å². The summed E-state index contributed by atoms with van der Waals surface area (Å²) in [7, 11) is 0. The minimum Gasteiger partial charge on any atom is -0.466 e. The number of ether oxygens (including phenoxy) is 1. The van der Waals surface area contributed by atoms with Crippen LogP contribution < -0.4 is 0 Å². The fourth-order valence-corrected chi connectivity index (χ4v) is 1.07. The second-order valence-corrected chi connectivity index (χ2v) is 2.90. The molecule has 0 aromatic heterocycles. The summed E-state index contributed by atoms with van der Waals surface area (Å²) < 4.78 is 4.79. The minimum atomic E-state index is -0.0772. The van der Waals surface area contributed by atoms with Crippen LogP contribution in [0.25, 0.3) is 0 Å². The molecule has 1 aliphatic rings. The first-order chi connectivity index (χ1) is 5.24. The van der Waals surface area contributed by atoms with Gasteiger partial charge < -0.3 is 4.74 Å². The van der Waals surface area contributed by atoms with Gasteiger partial charge in [0.05, 0.1) is 13.0 Å². The van der Waals surface area contributed by atoms with E-state index in [1.807, 2.05) is 6.92 Å². The molecule has 1 heterocycles. The molecule has 0 amide bonds. The van der Waals surface area contributed by atoms with Gasteiger partial charge in [-0.15, -0.1) is 0 Å². The third kappa shape index (κ3) is 2.89. The Morgan fingerprint density at radius 3 is 2.82 bits per heavy atom. The summed E-state index contributed by atoms with van der Waals surface area (Å²) in [5, 5.41) is 0. The van der Waals surface area contributed by atoms with Crippen molar-refractivity contribution in [3.8, 4) is 0 Å². The zero-order valence-electron chi connectivity index (χ0n) is 7.17. The SMILES string of the molecule is CCOC(=O)CCN1CC1C. The number of hydrogen-bond donors (Lipinski definition) is 0. The number of rotatable bonds is 4. The first-order valence-electron chi connectivity index (χ1n) is 4.13. The highest BCUT2D eigenvalue weighted by Crippen LogP contribution is 2.15. The molecule has 0 aromatic rings. The maximum absolute atomic E-state index is 10.8. The first-order valence-corrected chi connectivity index (χ1v) is 4.13. The van der Waals surface area contributed by atoms with Crippen LogP contribution in [0, 0.1) is 0 Å². The van der Waals surface area contributed by atoms with E-state index in [0.29, 0.717) is 19.1 Å². The van der Waals surface area contributed by atoms with Crippen molar-refractivity contribution in [3.63, 3.8) is 0 Å². The van der Waals surface area contributed by atoms with Crippen molar-refractivity contribution in [2.24, 2.45) is 0 Å². The zero-order chi connectivity index (χ0) is 8.27. The highest BCUT2D eigenvalue weighted by Gasteiger charge is 2.28. The third-order valence-electron chi connectivity index (χ3n) is 1.90. The van der Waals surface area contributed by atoms with Gasteiger partial charge >= 0.3 is 5.97 Å². The van der Waals surface area contributed by atoms with E-state index in [0.717, 1.165) is 13.1 Å². The van der Waals surface area contributed by atoms with Crippen molar-refractivity contribution in [2.45, 2.75) is 26.3 Å². The van der Waals surface area contributed by atoms with Gasteiger partial charge in [0.2, 0.25) is 0 Å². The number of carbonyl (C=O) groups is 1. The molecule has 0 radical (unpaired) electrons. The van der Waals surface area contributed by atoms with Crippen molar-refractivity contribution in [3.05, 3.63) is 0 Å². The van der Waals surface area contributed by atoms with Gasteiger partial charge in [0.15, 0.2) is 0 Å². The van der Waals surface area contributed by atoms with Crippen LogP contribution in [-0.4, -0.2) is 36.6 Å². The lowest BCUT2D eigenvalue weighted by molar-refractivity contribution is -0.143. The van der Waals surface area contributed by atoms with Crippen LogP contribution in [0.1, 0.15) is 20.3 Å². The highest BCUT2D eigenvalue weighted by molar-refractivity contribution is 5.69. The summed E-state index contributed by atoms with van der Waals surface area (Å²) in [6.07, 6.45) is 0.540. The summed E-state index contributed by atoms with van der Waals surface area (Å²) in [6.45, 7) is 6.48. The van der Waals surface area contributed by atoms with Crippen LogP contribution in [-0.2, 0) is 9.53 Å². The Bertz CT molecular complexity index is 147. The fourth-order valence-electron chi connectivity index (χ4n) is 1.07. The summed E-state index contributed by atoms with van der Waals surface area (Å²) in [4.78, 5) is 13.1. The maximum Gasteiger partial charge on any atom is 0.307 e. The molecule has 3 heteroatoms. The molecular weight excluding hydrogens is 142 g/mol. The molecule has 0 N–H and O–H groups in total. The molecule has 1 rings (SSSR count). The van der Waals surface area contributed by atoms with E-state index >= 15 is 0 Å². The van der Waals surface area contributed by atoms with E-state index in [2.05, 4.69) is 11.8 Å². The highest BCUT2D eigenvalue weighted by atomic mass is 16.5. The van der Waals surface area contributed by atoms with Gasteiger partial charge in [-0.3, -0.25) is 9.69 Å². The first kappa shape index (κ1) is 8.53. The Morgan fingerprint density at radius 2 is 2.36 bits per heavy atom. The van der Waals surface area contributed by atoms with Crippen LogP contribution in [0.3, 0.4) is 0 Å². The molecule has 0 spiro atoms. The van der Waals surface area contributed by atoms with Gasteiger partial charge in [-0.25, -0.2) is 0 Å². The standard InChI is InChI=1S/C8H15NO2/c1-3-11-8(10)4-5-9-6-7(9)2/h7H,3-6H2,1-2H3. The van der Waals surface area contributed by atoms with Crippen molar-refractivity contribution in [1.29, 1.82) is 0 Å². The fraction of sp³-hybridized carbons (Fsp3) is 0.875. The van der Waals surface area contributed by atoms with E-state index in [4.69, 9.17) is 4.74 Å². The van der Waals surface area contributed by atoms with Crippen LogP contribution in [0.4, 0.5) is 0 Å². The summed E-state index contributed by atoms with van der Waals surface area (Å²) >= 11 is 0. The summed E-state index contributed by atoms with van der Waals surface area (Å²) in [5.41, 5.74) is 0. The monoisotopic (exact) mass is 157 g/mol. The number of esters is 1. The van der Waals surface area contributed by atoms with E-state index < -0.39 is 0 Å². The van der Waals surface area contributed by atoms with Crippen molar-refractivity contribution in [2.75, 3.05) is 19.7 Å². The number of hydrogen-bond acceptors (Lipinski definition) is 3. The Balaban J connectivity index is 1.98. The van der Waals surface area contributed by atoms with Gasteiger partial charge in [-0.2, -0.15) is 0 Å². The molecule has 0 saturated carbocycles. The lowest BCUT2D eigenvalue weighted by Gasteiger charge is -2.01. The van der Waals surface area contributed by atoms with Crippen LogP contribution >= 0.6 is 0 Å². The summed E-state index contributed by atoms with van der Waals surface area (Å²) in [6, 6.07) is 0.685. The van der Waals surface area contributed by atoms with E-state index in [1.165, 1.54) is 0 Å². The lowest BCUT2D eigenvalue weighted by Crippen LogP contribution is -2.11. The average Bonchev–Trinajstić information content (AvgIpc) is 2.63. The molecule has 2 atom stereocenters. The maximum atomic E-state index is 10.8. The molecule has 64 valence electrons. The van der Waals surface area contributed by atoms with Crippen LogP contribution in [0.5, 0.6) is 0 Å². The van der Waals surface area contributed by atoms with Crippen molar-refractivity contribution >= 4 is 5.97 Å². The Hall–Kier alpha value is -0.570. The largest absolute Gasteiger partial charge is 0.466 e. The van der Waals surface area contributed by atoms with Crippen molar-refractivity contribution < 1.29 is 9.53 Å². The van der Waals surface area contributed by atoms with E-state index in [9.17, 15) is 4.79 Å². The molecular formula is C8H15NO2. The molecule has 0 bridgehead atoms. The summed E-state index contributed by atoms with van der Waals surface area (Å²) in [5.74, 6) is -0.0772. The van der Waals surface area contributed by atoms with Gasteiger partial charge in [-0.05, 0) is 13.8 Å². The molecule has 0 aromatic carbocycles. The average molecular weight is 157 g/mol. The smallest absolute Gasteiger partial charge is 0.307 e.